The van der Waals surface area contributed by atoms with Gasteiger partial charge in [0.2, 0.25) is 10.0 Å². The summed E-state index contributed by atoms with van der Waals surface area (Å²) in [6.07, 6.45) is 2.58. The normalized spacial score (nSPS) is 13.1. The lowest BCUT2D eigenvalue weighted by molar-refractivity contribution is 0.574. The largest absolute Gasteiger partial charge is 0.330 e. The third kappa shape index (κ3) is 4.32. The molecule has 0 radical (unpaired) electrons. The molecule has 2 heterocycles. The van der Waals surface area contributed by atoms with Gasteiger partial charge in [-0.15, -0.1) is 0 Å². The first kappa shape index (κ1) is 21.4. The number of para-hydroxylation sites is 1. The Morgan fingerprint density at radius 3 is 2.61 bits per heavy atom. The van der Waals surface area contributed by atoms with Gasteiger partial charge in [-0.1, -0.05) is 42.8 Å². The van der Waals surface area contributed by atoms with Crippen molar-refractivity contribution in [2.24, 2.45) is 5.73 Å². The number of imidazole rings is 1. The molecule has 0 saturated heterocycles. The highest BCUT2D eigenvalue weighted by Crippen LogP contribution is 2.30. The van der Waals surface area contributed by atoms with Crippen molar-refractivity contribution in [2.45, 2.75) is 37.6 Å². The Bertz CT molecular complexity index is 1310. The number of sulfonamides is 1. The minimum absolute atomic E-state index is 0.181. The van der Waals surface area contributed by atoms with E-state index in [9.17, 15) is 8.42 Å². The Balaban J connectivity index is 1.65. The second-order valence-corrected chi connectivity index (χ2v) is 9.61. The van der Waals surface area contributed by atoms with Crippen LogP contribution in [0.2, 0.25) is 0 Å². The van der Waals surface area contributed by atoms with Crippen molar-refractivity contribution in [3.05, 3.63) is 66.1 Å². The number of nitrogens with one attached hydrogen (secondary N) is 1. The molecule has 0 fully saturated rings. The zero-order chi connectivity index (χ0) is 22.0. The lowest BCUT2D eigenvalue weighted by Gasteiger charge is -2.13. The van der Waals surface area contributed by atoms with Crippen molar-refractivity contribution in [2.75, 3.05) is 13.1 Å². The van der Waals surface area contributed by atoms with Crippen LogP contribution >= 0.6 is 0 Å². The molecule has 4 rings (SSSR count). The molecule has 2 aromatic carbocycles. The van der Waals surface area contributed by atoms with Crippen molar-refractivity contribution in [3.63, 3.8) is 0 Å². The molecule has 1 atom stereocenters. The van der Waals surface area contributed by atoms with Crippen LogP contribution < -0.4 is 10.5 Å². The smallest absolute Gasteiger partial charge is 0.240 e. The molecule has 8 heteroatoms. The van der Waals surface area contributed by atoms with Crippen molar-refractivity contribution < 1.29 is 8.42 Å². The van der Waals surface area contributed by atoms with E-state index < -0.39 is 10.0 Å². The molecule has 2 aromatic heterocycles. The van der Waals surface area contributed by atoms with E-state index in [0.29, 0.717) is 13.1 Å². The Morgan fingerprint density at radius 2 is 1.87 bits per heavy atom. The van der Waals surface area contributed by atoms with Gasteiger partial charge in [-0.25, -0.2) is 18.1 Å². The van der Waals surface area contributed by atoms with Gasteiger partial charge in [0, 0.05) is 24.4 Å². The standard InChI is InChI=1S/C23H27N5O2S/c1-16-7-9-18(10-8-16)31(29,30)26-13-14-28-15-25-22-21(17(2)11-12-24)27-20-6-4-3-5-19(20)23(22)28/h3-10,15,17,26H,11-14,24H2,1-2H3. The number of aromatic nitrogens is 3. The fraction of sp³-hybridized carbons (Fsp3) is 0.304. The molecule has 31 heavy (non-hydrogen) atoms. The predicted octanol–water partition coefficient (Wildman–Crippen LogP) is 3.32. The molecule has 7 nitrogen and oxygen atoms in total. The third-order valence-corrected chi connectivity index (χ3v) is 7.00. The minimum atomic E-state index is -3.56. The van der Waals surface area contributed by atoms with Gasteiger partial charge in [0.15, 0.2) is 0 Å². The van der Waals surface area contributed by atoms with E-state index in [-0.39, 0.29) is 17.4 Å². The number of rotatable bonds is 8. The molecule has 0 aliphatic heterocycles. The van der Waals surface area contributed by atoms with Crippen LogP contribution in [0.4, 0.5) is 0 Å². The summed E-state index contributed by atoms with van der Waals surface area (Å²) in [5.41, 5.74) is 10.4. The summed E-state index contributed by atoms with van der Waals surface area (Å²) in [5.74, 6) is 0.181. The number of fused-ring (bicyclic) bond motifs is 3. The van der Waals surface area contributed by atoms with Gasteiger partial charge in [0.1, 0.15) is 5.52 Å². The molecule has 162 valence electrons. The Morgan fingerprint density at radius 1 is 1.13 bits per heavy atom. The van der Waals surface area contributed by atoms with Crippen LogP contribution in [0.3, 0.4) is 0 Å². The molecule has 0 aliphatic rings. The monoisotopic (exact) mass is 437 g/mol. The van der Waals surface area contributed by atoms with Gasteiger partial charge in [0.25, 0.3) is 0 Å². The number of aryl methyl sites for hydroxylation is 1. The summed E-state index contributed by atoms with van der Waals surface area (Å²) in [7, 11) is -3.56. The molecule has 0 aliphatic carbocycles. The predicted molar refractivity (Wildman–Crippen MR) is 123 cm³/mol. The van der Waals surface area contributed by atoms with E-state index >= 15 is 0 Å². The fourth-order valence-electron chi connectivity index (χ4n) is 3.81. The number of hydrogen-bond acceptors (Lipinski definition) is 5. The van der Waals surface area contributed by atoms with Crippen LogP contribution in [-0.2, 0) is 16.6 Å². The number of pyridine rings is 1. The zero-order valence-corrected chi connectivity index (χ0v) is 18.6. The van der Waals surface area contributed by atoms with E-state index in [1.807, 2.05) is 35.8 Å². The van der Waals surface area contributed by atoms with E-state index in [4.69, 9.17) is 10.7 Å². The molecule has 0 amide bonds. The second kappa shape index (κ2) is 8.74. The fourth-order valence-corrected chi connectivity index (χ4v) is 4.83. The van der Waals surface area contributed by atoms with E-state index in [1.165, 1.54) is 0 Å². The maximum atomic E-state index is 12.6. The van der Waals surface area contributed by atoms with Gasteiger partial charge in [0.05, 0.1) is 28.0 Å². The average Bonchev–Trinajstić information content (AvgIpc) is 3.18. The highest BCUT2D eigenvalue weighted by Gasteiger charge is 2.18. The first-order valence-corrected chi connectivity index (χ1v) is 11.9. The highest BCUT2D eigenvalue weighted by atomic mass is 32.2. The summed E-state index contributed by atoms with van der Waals surface area (Å²) >= 11 is 0. The van der Waals surface area contributed by atoms with Crippen LogP contribution in [0.15, 0.2) is 59.8 Å². The molecule has 0 spiro atoms. The van der Waals surface area contributed by atoms with E-state index in [0.717, 1.165) is 39.6 Å². The van der Waals surface area contributed by atoms with Crippen molar-refractivity contribution in [3.8, 4) is 0 Å². The Kier molecular flexibility index (Phi) is 6.04. The van der Waals surface area contributed by atoms with Crippen LogP contribution in [0.25, 0.3) is 21.9 Å². The quantitative estimate of drug-likeness (QED) is 0.440. The topological polar surface area (TPSA) is 103 Å². The number of benzene rings is 2. The third-order valence-electron chi connectivity index (χ3n) is 5.52. The summed E-state index contributed by atoms with van der Waals surface area (Å²) < 4.78 is 29.9. The van der Waals surface area contributed by atoms with Gasteiger partial charge in [-0.2, -0.15) is 0 Å². The second-order valence-electron chi connectivity index (χ2n) is 7.84. The van der Waals surface area contributed by atoms with Gasteiger partial charge >= 0.3 is 0 Å². The highest BCUT2D eigenvalue weighted by molar-refractivity contribution is 7.89. The van der Waals surface area contributed by atoms with Crippen molar-refractivity contribution >= 4 is 32.0 Å². The molecule has 1 unspecified atom stereocenters. The van der Waals surface area contributed by atoms with Gasteiger partial charge in [-0.05, 0) is 38.1 Å². The molecular weight excluding hydrogens is 410 g/mol. The summed E-state index contributed by atoms with van der Waals surface area (Å²) in [4.78, 5) is 9.76. The maximum absolute atomic E-state index is 12.6. The minimum Gasteiger partial charge on any atom is -0.330 e. The molecular formula is C23H27N5O2S. The van der Waals surface area contributed by atoms with Crippen LogP contribution in [0.1, 0.15) is 30.5 Å². The molecule has 3 N–H and O–H groups in total. The van der Waals surface area contributed by atoms with Crippen molar-refractivity contribution in [1.29, 1.82) is 0 Å². The van der Waals surface area contributed by atoms with Gasteiger partial charge < -0.3 is 10.3 Å². The number of nitrogens with two attached hydrogens (primary N) is 1. The lowest BCUT2D eigenvalue weighted by atomic mass is 10.0. The lowest BCUT2D eigenvalue weighted by Crippen LogP contribution is -2.27. The van der Waals surface area contributed by atoms with E-state index in [1.54, 1.807) is 30.6 Å². The van der Waals surface area contributed by atoms with Gasteiger partial charge in [-0.3, -0.25) is 4.98 Å². The molecule has 0 saturated carbocycles. The van der Waals surface area contributed by atoms with Crippen LogP contribution in [0, 0.1) is 6.92 Å². The summed E-state index contributed by atoms with van der Waals surface area (Å²) in [6.45, 7) is 5.33. The molecule has 0 bridgehead atoms. The number of hydrogen-bond donors (Lipinski definition) is 2. The Hall–Kier alpha value is -2.81. The van der Waals surface area contributed by atoms with Crippen molar-refractivity contribution in [1.82, 2.24) is 19.3 Å². The van der Waals surface area contributed by atoms with Crippen LogP contribution in [-0.4, -0.2) is 36.0 Å². The van der Waals surface area contributed by atoms with Crippen LogP contribution in [0.5, 0.6) is 0 Å². The first-order valence-electron chi connectivity index (χ1n) is 10.4. The first-order chi connectivity index (χ1) is 14.9. The average molecular weight is 438 g/mol. The Labute approximate surface area is 182 Å². The van der Waals surface area contributed by atoms with E-state index in [2.05, 4.69) is 16.6 Å². The number of nitrogens with zero attached hydrogens (tertiary/aromatic N) is 3. The SMILES string of the molecule is Cc1ccc(S(=O)(=O)NCCn2cnc3c(C(C)CCN)nc4ccccc4c32)cc1. The maximum Gasteiger partial charge on any atom is 0.240 e. The summed E-state index contributed by atoms with van der Waals surface area (Å²) in [6, 6.07) is 14.8. The molecule has 4 aromatic rings. The summed E-state index contributed by atoms with van der Waals surface area (Å²) in [5, 5.41) is 1.00. The zero-order valence-electron chi connectivity index (χ0n) is 17.7.